The van der Waals surface area contributed by atoms with Crippen molar-refractivity contribution < 1.29 is 29.2 Å². The van der Waals surface area contributed by atoms with Gasteiger partial charge in [0.25, 0.3) is 5.91 Å². The van der Waals surface area contributed by atoms with Crippen molar-refractivity contribution in [2.24, 2.45) is 11.7 Å². The molecule has 1 fully saturated rings. The van der Waals surface area contributed by atoms with E-state index in [0.717, 1.165) is 31.1 Å². The van der Waals surface area contributed by atoms with Crippen molar-refractivity contribution in [3.63, 3.8) is 0 Å². The maximum Gasteiger partial charge on any atom is 0.252 e. The van der Waals surface area contributed by atoms with E-state index >= 15 is 0 Å². The van der Waals surface area contributed by atoms with Crippen LogP contribution >= 0.6 is 0 Å². The normalized spacial score (nSPS) is 13.8. The molecule has 3 aromatic rings. The Labute approximate surface area is 229 Å². The van der Waals surface area contributed by atoms with E-state index in [2.05, 4.69) is 4.90 Å². The largest absolute Gasteiger partial charge is 0.507 e. The van der Waals surface area contributed by atoms with Gasteiger partial charge in [0, 0.05) is 26.2 Å². The molecule has 0 heterocycles. The maximum atomic E-state index is 11.5. The second-order valence-electron chi connectivity index (χ2n) is 9.99. The molecular weight excluding hydrogens is 496 g/mol. The first-order chi connectivity index (χ1) is 19.0. The summed E-state index contributed by atoms with van der Waals surface area (Å²) in [6.07, 6.45) is 2.77. The highest BCUT2D eigenvalue weighted by atomic mass is 16.5. The Kier molecular flexibility index (Phi) is 10.6. The number of ether oxygens (including phenoxy) is 3. The number of phenols is 1. The molecule has 1 unspecified atom stereocenters. The molecular formula is C31H38N2O6. The van der Waals surface area contributed by atoms with Crippen molar-refractivity contribution in [1.82, 2.24) is 4.90 Å². The lowest BCUT2D eigenvalue weighted by Crippen LogP contribution is -2.37. The van der Waals surface area contributed by atoms with E-state index in [1.54, 1.807) is 6.07 Å². The van der Waals surface area contributed by atoms with Gasteiger partial charge in [0.1, 0.15) is 36.6 Å². The SMILES string of the molecule is NC(=O)c1cc(OCCN(Cc2ccccc2)CC(O)COc2ccc(CCOCC3CC3)cc2)ccc1O. The number of rotatable bonds is 17. The first-order valence-corrected chi connectivity index (χ1v) is 13.5. The molecule has 1 atom stereocenters. The van der Waals surface area contributed by atoms with E-state index in [9.17, 15) is 15.0 Å². The van der Waals surface area contributed by atoms with Crippen molar-refractivity contribution in [3.8, 4) is 17.2 Å². The molecule has 3 aromatic carbocycles. The van der Waals surface area contributed by atoms with Crippen LogP contribution in [-0.2, 0) is 17.7 Å². The number of aliphatic hydroxyl groups is 1. The number of aromatic hydroxyl groups is 1. The number of amides is 1. The molecule has 8 nitrogen and oxygen atoms in total. The second-order valence-corrected chi connectivity index (χ2v) is 9.99. The summed E-state index contributed by atoms with van der Waals surface area (Å²) in [5, 5.41) is 20.5. The molecule has 1 aliphatic rings. The smallest absolute Gasteiger partial charge is 0.252 e. The van der Waals surface area contributed by atoms with Crippen molar-refractivity contribution in [2.45, 2.75) is 31.9 Å². The summed E-state index contributed by atoms with van der Waals surface area (Å²) in [7, 11) is 0. The average Bonchev–Trinajstić information content (AvgIpc) is 3.76. The summed E-state index contributed by atoms with van der Waals surface area (Å²) >= 11 is 0. The van der Waals surface area contributed by atoms with Gasteiger partial charge >= 0.3 is 0 Å². The van der Waals surface area contributed by atoms with Gasteiger partial charge < -0.3 is 30.2 Å². The molecule has 0 aromatic heterocycles. The van der Waals surface area contributed by atoms with Gasteiger partial charge in [-0.05, 0) is 66.6 Å². The number of benzene rings is 3. The standard InChI is InChI=1S/C31H38N2O6/c32-31(36)29-18-28(12-13-30(29)35)38-17-15-33(19-24-4-2-1-3-5-24)20-26(34)22-39-27-10-8-23(9-11-27)14-16-37-21-25-6-7-25/h1-5,8-13,18,25-26,34-35H,6-7,14-17,19-22H2,(H2,32,36). The highest BCUT2D eigenvalue weighted by molar-refractivity contribution is 5.95. The summed E-state index contributed by atoms with van der Waals surface area (Å²) < 4.78 is 17.4. The lowest BCUT2D eigenvalue weighted by molar-refractivity contribution is 0.0604. The third-order valence-electron chi connectivity index (χ3n) is 6.58. The van der Waals surface area contributed by atoms with Crippen molar-refractivity contribution >= 4 is 5.91 Å². The summed E-state index contributed by atoms with van der Waals surface area (Å²) in [6, 6.07) is 22.3. The topological polar surface area (TPSA) is 114 Å². The zero-order valence-electron chi connectivity index (χ0n) is 22.2. The maximum absolute atomic E-state index is 11.5. The van der Waals surface area contributed by atoms with Crippen LogP contribution in [0.25, 0.3) is 0 Å². The number of nitrogens with zero attached hydrogens (tertiary/aromatic N) is 1. The Bertz CT molecular complexity index is 1170. The monoisotopic (exact) mass is 534 g/mol. The number of hydrogen-bond acceptors (Lipinski definition) is 7. The number of hydrogen-bond donors (Lipinski definition) is 3. The Balaban J connectivity index is 1.25. The zero-order valence-corrected chi connectivity index (χ0v) is 22.2. The van der Waals surface area contributed by atoms with Crippen LogP contribution in [0.5, 0.6) is 17.2 Å². The van der Waals surface area contributed by atoms with Gasteiger partial charge in [-0.25, -0.2) is 0 Å². The molecule has 208 valence electrons. The third kappa shape index (κ3) is 9.90. The summed E-state index contributed by atoms with van der Waals surface area (Å²) in [4.78, 5) is 13.6. The molecule has 4 rings (SSSR count). The van der Waals surface area contributed by atoms with Gasteiger partial charge in [0.05, 0.1) is 12.2 Å². The molecule has 1 aliphatic carbocycles. The lowest BCUT2D eigenvalue weighted by atomic mass is 10.1. The predicted molar refractivity (Wildman–Crippen MR) is 149 cm³/mol. The molecule has 0 radical (unpaired) electrons. The van der Waals surface area contributed by atoms with E-state index in [1.807, 2.05) is 54.6 Å². The summed E-state index contributed by atoms with van der Waals surface area (Å²) in [6.45, 7) is 3.62. The van der Waals surface area contributed by atoms with E-state index in [1.165, 1.54) is 30.5 Å². The van der Waals surface area contributed by atoms with Crippen LogP contribution in [0.4, 0.5) is 0 Å². The van der Waals surface area contributed by atoms with E-state index in [-0.39, 0.29) is 17.9 Å². The first kappa shape index (κ1) is 28.4. The van der Waals surface area contributed by atoms with E-state index < -0.39 is 12.0 Å². The highest BCUT2D eigenvalue weighted by Crippen LogP contribution is 2.28. The van der Waals surface area contributed by atoms with Crippen LogP contribution in [0.1, 0.15) is 34.3 Å². The Morgan fingerprint density at radius 2 is 1.69 bits per heavy atom. The molecule has 8 heteroatoms. The van der Waals surface area contributed by atoms with Gasteiger partial charge in [0.15, 0.2) is 0 Å². The lowest BCUT2D eigenvalue weighted by Gasteiger charge is -2.25. The summed E-state index contributed by atoms with van der Waals surface area (Å²) in [5.74, 6) is 1.02. The van der Waals surface area contributed by atoms with Gasteiger partial charge in [-0.15, -0.1) is 0 Å². The molecule has 0 bridgehead atoms. The van der Waals surface area contributed by atoms with Crippen LogP contribution in [0.15, 0.2) is 72.8 Å². The Hall–Kier alpha value is -3.59. The Morgan fingerprint density at radius 1 is 0.949 bits per heavy atom. The van der Waals surface area contributed by atoms with Crippen LogP contribution in [0.2, 0.25) is 0 Å². The number of aliphatic hydroxyl groups excluding tert-OH is 1. The predicted octanol–water partition coefficient (Wildman–Crippen LogP) is 3.78. The number of nitrogens with two attached hydrogens (primary N) is 1. The molecule has 0 saturated heterocycles. The molecule has 1 amide bonds. The summed E-state index contributed by atoms with van der Waals surface area (Å²) in [5.41, 5.74) is 7.63. The minimum Gasteiger partial charge on any atom is -0.507 e. The molecule has 39 heavy (non-hydrogen) atoms. The molecule has 0 spiro atoms. The fraction of sp³-hybridized carbons (Fsp3) is 0.387. The first-order valence-electron chi connectivity index (χ1n) is 13.5. The van der Waals surface area contributed by atoms with Crippen molar-refractivity contribution in [3.05, 3.63) is 89.5 Å². The molecule has 0 aliphatic heterocycles. The van der Waals surface area contributed by atoms with Crippen LogP contribution < -0.4 is 15.2 Å². The minimum absolute atomic E-state index is 0.0103. The highest BCUT2D eigenvalue weighted by Gasteiger charge is 2.21. The van der Waals surface area contributed by atoms with Gasteiger partial charge in [-0.2, -0.15) is 0 Å². The Morgan fingerprint density at radius 3 is 2.41 bits per heavy atom. The van der Waals surface area contributed by atoms with Gasteiger partial charge in [-0.1, -0.05) is 42.5 Å². The van der Waals surface area contributed by atoms with Gasteiger partial charge in [-0.3, -0.25) is 9.69 Å². The molecule has 1 saturated carbocycles. The molecule has 4 N–H and O–H groups in total. The number of carbonyl (C=O) groups is 1. The quantitative estimate of drug-likeness (QED) is 0.226. The number of primary amides is 1. The third-order valence-corrected chi connectivity index (χ3v) is 6.58. The fourth-order valence-corrected chi connectivity index (χ4v) is 4.19. The second kappa shape index (κ2) is 14.5. The van der Waals surface area contributed by atoms with E-state index in [0.29, 0.717) is 37.7 Å². The average molecular weight is 535 g/mol. The van der Waals surface area contributed by atoms with Crippen molar-refractivity contribution in [1.29, 1.82) is 0 Å². The van der Waals surface area contributed by atoms with Crippen LogP contribution in [0, 0.1) is 5.92 Å². The minimum atomic E-state index is -0.723. The van der Waals surface area contributed by atoms with Gasteiger partial charge in [0.2, 0.25) is 0 Å². The zero-order chi connectivity index (χ0) is 27.5. The fourth-order valence-electron chi connectivity index (χ4n) is 4.19. The van der Waals surface area contributed by atoms with Crippen LogP contribution in [0.3, 0.4) is 0 Å². The van der Waals surface area contributed by atoms with Crippen LogP contribution in [-0.4, -0.2) is 66.6 Å². The van der Waals surface area contributed by atoms with Crippen molar-refractivity contribution in [2.75, 3.05) is 39.5 Å². The van der Waals surface area contributed by atoms with E-state index in [4.69, 9.17) is 19.9 Å². The number of carbonyl (C=O) groups excluding carboxylic acids is 1.